The summed E-state index contributed by atoms with van der Waals surface area (Å²) in [7, 11) is 3.18. The molecule has 0 unspecified atom stereocenters. The Bertz CT molecular complexity index is 1850. The molecular weight excluding hydrogens is 580 g/mol. The van der Waals surface area contributed by atoms with Crippen molar-refractivity contribution in [1.82, 2.24) is 9.88 Å². The number of methoxy groups -OCH3 is 1. The Labute approximate surface area is 259 Å². The third kappa shape index (κ3) is 5.71. The number of aryl methyl sites for hydroxylation is 1. The third-order valence-corrected chi connectivity index (χ3v) is 8.78. The molecule has 0 bridgehead atoms. The number of para-hydroxylation sites is 1. The highest BCUT2D eigenvalue weighted by Crippen LogP contribution is 2.34. The first-order valence-electron chi connectivity index (χ1n) is 14.9. The number of anilines is 1. The quantitative estimate of drug-likeness (QED) is 0.273. The zero-order chi connectivity index (χ0) is 31.8. The molecule has 10 heteroatoms. The molecule has 8 nitrogen and oxygen atoms in total. The van der Waals surface area contributed by atoms with E-state index in [1.54, 1.807) is 11.6 Å². The second kappa shape index (κ2) is 12.5. The van der Waals surface area contributed by atoms with Crippen LogP contribution in [0.4, 0.5) is 14.5 Å². The molecule has 1 amide bonds. The summed E-state index contributed by atoms with van der Waals surface area (Å²) in [5.41, 5.74) is 4.36. The van der Waals surface area contributed by atoms with E-state index in [0.717, 1.165) is 33.2 Å². The van der Waals surface area contributed by atoms with Crippen LogP contribution in [0.3, 0.4) is 0 Å². The number of carbonyl (C=O) groups is 1. The van der Waals surface area contributed by atoms with Gasteiger partial charge >= 0.3 is 0 Å². The third-order valence-electron chi connectivity index (χ3n) is 8.78. The summed E-state index contributed by atoms with van der Waals surface area (Å²) >= 11 is 0. The normalized spacial score (nSPS) is 16.8. The molecule has 2 aliphatic heterocycles. The highest BCUT2D eigenvalue weighted by Gasteiger charge is 2.29. The molecule has 1 saturated heterocycles. The summed E-state index contributed by atoms with van der Waals surface area (Å²) in [6.45, 7) is 7.87. The van der Waals surface area contributed by atoms with Crippen LogP contribution in [0.15, 0.2) is 71.7 Å². The number of aromatic nitrogens is 1. The zero-order valence-corrected chi connectivity index (χ0v) is 25.5. The van der Waals surface area contributed by atoms with Gasteiger partial charge in [-0.25, -0.2) is 8.78 Å². The van der Waals surface area contributed by atoms with Crippen LogP contribution in [0.1, 0.15) is 34.0 Å². The van der Waals surface area contributed by atoms with Crippen molar-refractivity contribution in [2.24, 2.45) is 7.05 Å². The van der Waals surface area contributed by atoms with Crippen LogP contribution in [-0.2, 0) is 40.9 Å². The molecule has 0 radical (unpaired) electrons. The van der Waals surface area contributed by atoms with Gasteiger partial charge in [0.15, 0.2) is 0 Å². The molecule has 3 aromatic carbocycles. The van der Waals surface area contributed by atoms with Gasteiger partial charge in [0.1, 0.15) is 23.0 Å². The number of halogens is 2. The van der Waals surface area contributed by atoms with Crippen molar-refractivity contribution in [3.63, 3.8) is 0 Å². The van der Waals surface area contributed by atoms with Crippen LogP contribution < -0.4 is 15.8 Å². The van der Waals surface area contributed by atoms with E-state index in [0.29, 0.717) is 44.2 Å². The SMILES string of the molecule is C=C(OC)[C@H](Cc1ccc(-c2cc3ccccc3n(C)c2=O)c2c1COC2)NC(=O)c1c(F)cc(N2CCOC[C@@H]2C)cc1F. The maximum Gasteiger partial charge on any atom is 0.258 e. The molecule has 1 fully saturated rings. The summed E-state index contributed by atoms with van der Waals surface area (Å²) < 4.78 is 48.9. The number of fused-ring (bicyclic) bond motifs is 2. The Hall–Kier alpha value is -4.54. The number of carbonyl (C=O) groups excluding carboxylic acids is 1. The smallest absolute Gasteiger partial charge is 0.258 e. The first kappa shape index (κ1) is 30.5. The predicted molar refractivity (Wildman–Crippen MR) is 168 cm³/mol. The number of nitrogens with one attached hydrogen (secondary N) is 1. The van der Waals surface area contributed by atoms with Crippen molar-refractivity contribution in [1.29, 1.82) is 0 Å². The molecule has 3 heterocycles. The number of hydrogen-bond donors (Lipinski definition) is 1. The van der Waals surface area contributed by atoms with Crippen molar-refractivity contribution >= 4 is 22.5 Å². The monoisotopic (exact) mass is 615 g/mol. The standard InChI is InChI=1S/C35H35F2N3O5/c1-20-17-44-12-11-40(20)24-15-29(36)33(30(37)16-24)34(41)38-31(21(2)43-4)14-22-9-10-25(28-19-45-18-27(22)28)26-13-23-7-5-6-8-32(23)39(3)35(26)42/h5-10,13,15-16,20,31H,2,11-12,14,17-19H2,1,3-4H3,(H,38,41)/t20-,31-/m0/s1. The fourth-order valence-corrected chi connectivity index (χ4v) is 6.29. The van der Waals surface area contributed by atoms with E-state index < -0.39 is 29.1 Å². The fourth-order valence-electron chi connectivity index (χ4n) is 6.29. The number of ether oxygens (including phenoxy) is 3. The Morgan fingerprint density at radius 1 is 1.07 bits per heavy atom. The Balaban J connectivity index is 1.29. The van der Waals surface area contributed by atoms with Crippen LogP contribution in [0.2, 0.25) is 0 Å². The lowest BCUT2D eigenvalue weighted by molar-refractivity contribution is 0.0919. The summed E-state index contributed by atoms with van der Waals surface area (Å²) in [6.07, 6.45) is 0.229. The van der Waals surface area contributed by atoms with Crippen molar-refractivity contribution in [3.05, 3.63) is 111 Å². The minimum absolute atomic E-state index is 0.0621. The second-order valence-electron chi connectivity index (χ2n) is 11.5. The molecule has 234 valence electrons. The lowest BCUT2D eigenvalue weighted by Crippen LogP contribution is -2.44. The number of hydrogen-bond acceptors (Lipinski definition) is 6. The number of amides is 1. The van der Waals surface area contributed by atoms with Gasteiger partial charge in [-0.05, 0) is 58.8 Å². The van der Waals surface area contributed by atoms with E-state index in [-0.39, 0.29) is 23.8 Å². The first-order chi connectivity index (χ1) is 21.7. The van der Waals surface area contributed by atoms with Crippen molar-refractivity contribution in [3.8, 4) is 11.1 Å². The lowest BCUT2D eigenvalue weighted by Gasteiger charge is -2.35. The minimum atomic E-state index is -0.960. The summed E-state index contributed by atoms with van der Waals surface area (Å²) in [6, 6.07) is 14.9. The molecule has 4 aromatic rings. The molecule has 2 aliphatic rings. The van der Waals surface area contributed by atoms with Gasteiger partial charge in [0.05, 0.1) is 45.1 Å². The van der Waals surface area contributed by atoms with Gasteiger partial charge in [0.2, 0.25) is 0 Å². The average molecular weight is 616 g/mol. The topological polar surface area (TPSA) is 82.0 Å². The van der Waals surface area contributed by atoms with Gasteiger partial charge in [0, 0.05) is 37.3 Å². The van der Waals surface area contributed by atoms with E-state index >= 15 is 8.78 Å². The van der Waals surface area contributed by atoms with Crippen molar-refractivity contribution in [2.75, 3.05) is 31.8 Å². The summed E-state index contributed by atoms with van der Waals surface area (Å²) in [5, 5.41) is 3.67. The van der Waals surface area contributed by atoms with Crippen LogP contribution in [0, 0.1) is 11.6 Å². The highest BCUT2D eigenvalue weighted by molar-refractivity contribution is 5.95. The molecule has 0 aliphatic carbocycles. The van der Waals surface area contributed by atoms with Crippen LogP contribution >= 0.6 is 0 Å². The van der Waals surface area contributed by atoms with E-state index in [1.165, 1.54) is 19.2 Å². The number of rotatable bonds is 8. The van der Waals surface area contributed by atoms with Crippen LogP contribution in [-0.4, -0.2) is 49.4 Å². The van der Waals surface area contributed by atoms with E-state index in [9.17, 15) is 9.59 Å². The molecule has 1 N–H and O–H groups in total. The van der Waals surface area contributed by atoms with E-state index in [1.807, 2.05) is 54.3 Å². The van der Waals surface area contributed by atoms with Gasteiger partial charge in [-0.3, -0.25) is 9.59 Å². The van der Waals surface area contributed by atoms with Crippen LogP contribution in [0.5, 0.6) is 0 Å². The van der Waals surface area contributed by atoms with E-state index in [2.05, 4.69) is 11.9 Å². The molecule has 6 rings (SSSR count). The molecule has 0 spiro atoms. The predicted octanol–water partition coefficient (Wildman–Crippen LogP) is 5.24. The van der Waals surface area contributed by atoms with Crippen molar-refractivity contribution < 1.29 is 27.8 Å². The maximum absolute atomic E-state index is 15.3. The molecule has 2 atom stereocenters. The highest BCUT2D eigenvalue weighted by atomic mass is 19.1. The number of benzene rings is 3. The maximum atomic E-state index is 15.3. The molecule has 1 aromatic heterocycles. The molecule has 45 heavy (non-hydrogen) atoms. The lowest BCUT2D eigenvalue weighted by atomic mass is 9.90. The Kier molecular flexibility index (Phi) is 8.44. The van der Waals surface area contributed by atoms with Crippen LogP contribution in [0.25, 0.3) is 22.0 Å². The van der Waals surface area contributed by atoms with Crippen molar-refractivity contribution in [2.45, 2.75) is 38.6 Å². The number of nitrogens with zero attached hydrogens (tertiary/aromatic N) is 2. The molecular formula is C35H35F2N3O5. The second-order valence-corrected chi connectivity index (χ2v) is 11.5. The Morgan fingerprint density at radius 2 is 1.80 bits per heavy atom. The molecule has 0 saturated carbocycles. The van der Waals surface area contributed by atoms with Gasteiger partial charge in [0.25, 0.3) is 11.5 Å². The van der Waals surface area contributed by atoms with Gasteiger partial charge < -0.3 is 29.0 Å². The average Bonchev–Trinajstić information content (AvgIpc) is 3.53. The fraction of sp³-hybridized carbons (Fsp3) is 0.314. The first-order valence-corrected chi connectivity index (χ1v) is 14.9. The van der Waals surface area contributed by atoms with Gasteiger partial charge in [-0.2, -0.15) is 0 Å². The zero-order valence-electron chi connectivity index (χ0n) is 25.5. The largest absolute Gasteiger partial charge is 0.500 e. The summed E-state index contributed by atoms with van der Waals surface area (Å²) in [4.78, 5) is 28.6. The number of morpholine rings is 1. The van der Waals surface area contributed by atoms with Gasteiger partial charge in [-0.1, -0.05) is 36.9 Å². The Morgan fingerprint density at radius 3 is 2.53 bits per heavy atom. The van der Waals surface area contributed by atoms with E-state index in [4.69, 9.17) is 14.2 Å². The van der Waals surface area contributed by atoms with Gasteiger partial charge in [-0.15, -0.1) is 0 Å². The minimum Gasteiger partial charge on any atom is -0.500 e. The number of pyridine rings is 1. The summed E-state index contributed by atoms with van der Waals surface area (Å²) in [5.74, 6) is -2.61.